The standard InChI is InChI=1S/C16H32O3/c1-6-15(7-2,8-3)11-18-12-16(9-4,10-5)13-19-14-17/h14H,6-13H2,1-5H3. The zero-order valence-electron chi connectivity index (χ0n) is 13.5. The Bertz CT molecular complexity index is 222. The minimum Gasteiger partial charge on any atom is -0.467 e. The molecule has 0 N–H and O–H groups in total. The molecule has 0 heterocycles. The molecule has 0 radical (unpaired) electrons. The second-order valence-electron chi connectivity index (χ2n) is 5.67. The van der Waals surface area contributed by atoms with E-state index in [9.17, 15) is 4.79 Å². The van der Waals surface area contributed by atoms with Gasteiger partial charge in [0.15, 0.2) is 0 Å². The van der Waals surface area contributed by atoms with E-state index in [0.29, 0.717) is 25.1 Å². The maximum absolute atomic E-state index is 10.4. The second-order valence-corrected chi connectivity index (χ2v) is 5.67. The lowest BCUT2D eigenvalue weighted by atomic mass is 9.80. The van der Waals surface area contributed by atoms with Gasteiger partial charge in [-0.15, -0.1) is 0 Å². The summed E-state index contributed by atoms with van der Waals surface area (Å²) in [6, 6.07) is 0. The average Bonchev–Trinajstić information content (AvgIpc) is 2.48. The van der Waals surface area contributed by atoms with Crippen LogP contribution in [0, 0.1) is 10.8 Å². The van der Waals surface area contributed by atoms with Gasteiger partial charge < -0.3 is 9.47 Å². The van der Waals surface area contributed by atoms with Gasteiger partial charge in [0, 0.05) is 5.41 Å². The minimum atomic E-state index is -0.0259. The van der Waals surface area contributed by atoms with Gasteiger partial charge in [0.1, 0.15) is 0 Å². The van der Waals surface area contributed by atoms with Crippen molar-refractivity contribution >= 4 is 6.47 Å². The maximum atomic E-state index is 10.4. The van der Waals surface area contributed by atoms with Crippen molar-refractivity contribution in [3.8, 4) is 0 Å². The molecule has 0 saturated heterocycles. The first kappa shape index (κ1) is 18.4. The number of ether oxygens (including phenoxy) is 2. The molecule has 0 aromatic rings. The molecule has 0 aromatic carbocycles. The monoisotopic (exact) mass is 272 g/mol. The van der Waals surface area contributed by atoms with Gasteiger partial charge in [0.25, 0.3) is 6.47 Å². The van der Waals surface area contributed by atoms with Gasteiger partial charge in [-0.3, -0.25) is 4.79 Å². The van der Waals surface area contributed by atoms with Gasteiger partial charge in [0.2, 0.25) is 0 Å². The number of hydrogen-bond acceptors (Lipinski definition) is 3. The summed E-state index contributed by atoms with van der Waals surface area (Å²) in [7, 11) is 0. The van der Waals surface area contributed by atoms with E-state index in [1.807, 2.05) is 0 Å². The van der Waals surface area contributed by atoms with Crippen LogP contribution in [0.15, 0.2) is 0 Å². The summed E-state index contributed by atoms with van der Waals surface area (Å²) >= 11 is 0. The molecule has 3 nitrogen and oxygen atoms in total. The van der Waals surface area contributed by atoms with Crippen molar-refractivity contribution < 1.29 is 14.3 Å². The first-order chi connectivity index (χ1) is 9.07. The lowest BCUT2D eigenvalue weighted by Crippen LogP contribution is -2.34. The predicted octanol–water partition coefficient (Wildman–Crippen LogP) is 4.20. The third-order valence-electron chi connectivity index (χ3n) is 5.02. The van der Waals surface area contributed by atoms with Crippen LogP contribution in [0.2, 0.25) is 0 Å². The lowest BCUT2D eigenvalue weighted by molar-refractivity contribution is -0.134. The van der Waals surface area contributed by atoms with E-state index in [2.05, 4.69) is 34.6 Å². The molecule has 3 heteroatoms. The SMILES string of the molecule is CCC(CC)(CC)COCC(CC)(CC)COC=O. The Morgan fingerprint density at radius 3 is 1.53 bits per heavy atom. The molecule has 0 aliphatic heterocycles. The van der Waals surface area contributed by atoms with Crippen LogP contribution in [-0.2, 0) is 14.3 Å². The molecule has 0 unspecified atom stereocenters. The molecule has 0 rings (SSSR count). The molecule has 0 saturated carbocycles. The van der Waals surface area contributed by atoms with Gasteiger partial charge in [0.05, 0.1) is 19.8 Å². The van der Waals surface area contributed by atoms with Crippen LogP contribution in [0.3, 0.4) is 0 Å². The maximum Gasteiger partial charge on any atom is 0.293 e. The van der Waals surface area contributed by atoms with Crippen molar-refractivity contribution in [3.05, 3.63) is 0 Å². The molecule has 0 atom stereocenters. The van der Waals surface area contributed by atoms with Crippen molar-refractivity contribution in [1.29, 1.82) is 0 Å². The molecule has 19 heavy (non-hydrogen) atoms. The normalized spacial score (nSPS) is 12.5. The van der Waals surface area contributed by atoms with Gasteiger partial charge in [-0.05, 0) is 37.5 Å². The van der Waals surface area contributed by atoms with Crippen LogP contribution in [-0.4, -0.2) is 26.3 Å². The van der Waals surface area contributed by atoms with Crippen molar-refractivity contribution in [1.82, 2.24) is 0 Å². The highest BCUT2D eigenvalue weighted by atomic mass is 16.5. The topological polar surface area (TPSA) is 35.5 Å². The Hall–Kier alpha value is -0.570. The number of hydrogen-bond donors (Lipinski definition) is 0. The van der Waals surface area contributed by atoms with Crippen molar-refractivity contribution in [2.45, 2.75) is 66.7 Å². The highest BCUT2D eigenvalue weighted by molar-refractivity contribution is 5.37. The summed E-state index contributed by atoms with van der Waals surface area (Å²) in [5, 5.41) is 0. The van der Waals surface area contributed by atoms with Crippen LogP contribution in [0.1, 0.15) is 66.7 Å². The van der Waals surface area contributed by atoms with Crippen molar-refractivity contribution in [2.75, 3.05) is 19.8 Å². The Kier molecular flexibility index (Phi) is 9.07. The minimum absolute atomic E-state index is 0.0259. The van der Waals surface area contributed by atoms with Crippen molar-refractivity contribution in [3.63, 3.8) is 0 Å². The molecule has 0 bridgehead atoms. The summed E-state index contributed by atoms with van der Waals surface area (Å²) in [5.41, 5.74) is 0.278. The number of carbonyl (C=O) groups excluding carboxylic acids is 1. The summed E-state index contributed by atoms with van der Waals surface area (Å²) < 4.78 is 11.0. The number of carbonyl (C=O) groups is 1. The van der Waals surface area contributed by atoms with Gasteiger partial charge in [-0.25, -0.2) is 0 Å². The summed E-state index contributed by atoms with van der Waals surface area (Å²) in [5.74, 6) is 0. The van der Waals surface area contributed by atoms with Crippen LogP contribution in [0.4, 0.5) is 0 Å². The highest BCUT2D eigenvalue weighted by Gasteiger charge is 2.30. The van der Waals surface area contributed by atoms with Crippen LogP contribution in [0.25, 0.3) is 0 Å². The third kappa shape index (κ3) is 5.52. The van der Waals surface area contributed by atoms with Gasteiger partial charge in [-0.1, -0.05) is 34.6 Å². The van der Waals surface area contributed by atoms with E-state index in [0.717, 1.165) is 38.7 Å². The Morgan fingerprint density at radius 2 is 1.16 bits per heavy atom. The Labute approximate surface area is 119 Å². The molecule has 0 aromatic heterocycles. The highest BCUT2D eigenvalue weighted by Crippen LogP contribution is 2.33. The second kappa shape index (κ2) is 9.35. The van der Waals surface area contributed by atoms with E-state index in [4.69, 9.17) is 9.47 Å². The Balaban J connectivity index is 4.43. The Morgan fingerprint density at radius 1 is 0.737 bits per heavy atom. The summed E-state index contributed by atoms with van der Waals surface area (Å²) in [4.78, 5) is 10.4. The van der Waals surface area contributed by atoms with Crippen LogP contribution < -0.4 is 0 Å². The van der Waals surface area contributed by atoms with E-state index >= 15 is 0 Å². The van der Waals surface area contributed by atoms with Crippen LogP contribution >= 0.6 is 0 Å². The molecule has 0 aliphatic carbocycles. The quantitative estimate of drug-likeness (QED) is 0.499. The van der Waals surface area contributed by atoms with E-state index in [-0.39, 0.29) is 5.41 Å². The third-order valence-corrected chi connectivity index (χ3v) is 5.02. The lowest BCUT2D eigenvalue weighted by Gasteiger charge is -2.34. The van der Waals surface area contributed by atoms with Gasteiger partial charge in [-0.2, -0.15) is 0 Å². The first-order valence-corrected chi connectivity index (χ1v) is 7.70. The largest absolute Gasteiger partial charge is 0.467 e. The molecule has 0 fully saturated rings. The summed E-state index contributed by atoms with van der Waals surface area (Å²) in [6.45, 7) is 13.4. The average molecular weight is 272 g/mol. The fraction of sp³-hybridized carbons (Fsp3) is 0.938. The van der Waals surface area contributed by atoms with Gasteiger partial charge >= 0.3 is 0 Å². The molecule has 0 amide bonds. The van der Waals surface area contributed by atoms with Crippen molar-refractivity contribution in [2.24, 2.45) is 10.8 Å². The van der Waals surface area contributed by atoms with E-state index in [1.54, 1.807) is 0 Å². The molecular formula is C16H32O3. The molecule has 0 spiro atoms. The summed E-state index contributed by atoms with van der Waals surface area (Å²) in [6.07, 6.45) is 5.38. The molecule has 114 valence electrons. The molecular weight excluding hydrogens is 240 g/mol. The zero-order valence-corrected chi connectivity index (χ0v) is 13.5. The molecule has 0 aliphatic rings. The zero-order chi connectivity index (χ0) is 14.8. The predicted molar refractivity (Wildman–Crippen MR) is 79.2 cm³/mol. The smallest absolute Gasteiger partial charge is 0.293 e. The fourth-order valence-corrected chi connectivity index (χ4v) is 2.45. The first-order valence-electron chi connectivity index (χ1n) is 7.70. The van der Waals surface area contributed by atoms with E-state index < -0.39 is 0 Å². The van der Waals surface area contributed by atoms with E-state index in [1.165, 1.54) is 0 Å². The van der Waals surface area contributed by atoms with Crippen LogP contribution in [0.5, 0.6) is 0 Å². The fourth-order valence-electron chi connectivity index (χ4n) is 2.45. The number of rotatable bonds is 12.